The van der Waals surface area contributed by atoms with Gasteiger partial charge in [-0.3, -0.25) is 0 Å². The molecule has 0 fully saturated rings. The van der Waals surface area contributed by atoms with Crippen LogP contribution in [0.15, 0.2) is 0 Å². The van der Waals surface area contributed by atoms with Crippen molar-refractivity contribution in [1.82, 2.24) is 0 Å². The third kappa shape index (κ3) is 56.7. The van der Waals surface area contributed by atoms with Gasteiger partial charge in [0.05, 0.1) is 0 Å². The van der Waals surface area contributed by atoms with E-state index in [0.717, 1.165) is 0 Å². The van der Waals surface area contributed by atoms with Gasteiger partial charge in [-0.15, -0.1) is 0 Å². The van der Waals surface area contributed by atoms with Crippen LogP contribution < -0.4 is 0 Å². The minimum atomic E-state index is 0. The molecule has 0 spiro atoms. The molecule has 0 aliphatic rings. The molecule has 2 N–H and O–H groups in total. The molecular formula is C4H12N2Rh-4. The summed E-state index contributed by atoms with van der Waals surface area (Å²) >= 11 is 0. The molecule has 0 aromatic heterocycles. The molecule has 3 heteroatoms. The van der Waals surface area contributed by atoms with Gasteiger partial charge in [0.1, 0.15) is 0 Å². The number of nitrogens with one attached hydrogen (secondary N) is 2. The van der Waals surface area contributed by atoms with Crippen molar-refractivity contribution >= 4 is 0 Å². The summed E-state index contributed by atoms with van der Waals surface area (Å²) in [6, 6.07) is 0. The average molecular weight is 191 g/mol. The van der Waals surface area contributed by atoms with Gasteiger partial charge in [-0.1, -0.05) is 0 Å². The van der Waals surface area contributed by atoms with Gasteiger partial charge in [0, 0.05) is 19.5 Å². The van der Waals surface area contributed by atoms with Crippen molar-refractivity contribution in [2.75, 3.05) is 13.1 Å². The first-order chi connectivity index (χ1) is 1.91. The second kappa shape index (κ2) is 31.1. The van der Waals surface area contributed by atoms with Gasteiger partial charge >= 0.3 is 0 Å². The number of hydrogen-bond acceptors (Lipinski definition) is 0. The zero-order chi connectivity index (χ0) is 3.41. The van der Waals surface area contributed by atoms with Crippen LogP contribution in [0.2, 0.25) is 0 Å². The molecule has 1 radical (unpaired) electrons. The molecule has 0 saturated carbocycles. The first-order valence-corrected chi connectivity index (χ1v) is 1.21. The van der Waals surface area contributed by atoms with Crippen molar-refractivity contribution < 1.29 is 19.5 Å². The van der Waals surface area contributed by atoms with Gasteiger partial charge in [-0.05, 0) is 0 Å². The van der Waals surface area contributed by atoms with E-state index in [4.69, 9.17) is 11.5 Å². The molecule has 7 heavy (non-hydrogen) atoms. The maximum atomic E-state index is 6.26. The molecule has 0 bridgehead atoms. The molecule has 0 aromatic rings. The summed E-state index contributed by atoms with van der Waals surface area (Å²) in [7, 11) is 0. The van der Waals surface area contributed by atoms with E-state index in [0.29, 0.717) is 0 Å². The van der Waals surface area contributed by atoms with E-state index in [1.54, 1.807) is 0 Å². The summed E-state index contributed by atoms with van der Waals surface area (Å²) in [6.45, 7) is 0.472. The molecule has 0 aliphatic heterocycles. The van der Waals surface area contributed by atoms with Crippen LogP contribution in [-0.2, 0) is 19.5 Å². The molecule has 2 nitrogen and oxygen atoms in total. The predicted octanol–water partition coefficient (Wildman–Crippen LogP) is 1.99. The monoisotopic (exact) mass is 191 g/mol. The van der Waals surface area contributed by atoms with Crippen LogP contribution in [0.1, 0.15) is 0 Å². The van der Waals surface area contributed by atoms with Gasteiger partial charge in [-0.2, -0.15) is 13.1 Å². The quantitative estimate of drug-likeness (QED) is 0.449. The van der Waals surface area contributed by atoms with Crippen molar-refractivity contribution in [3.05, 3.63) is 26.3 Å². The zero-order valence-corrected chi connectivity index (χ0v) is 6.39. The minimum absolute atomic E-state index is 0. The van der Waals surface area contributed by atoms with Crippen LogP contribution in [0.5, 0.6) is 0 Å². The van der Waals surface area contributed by atoms with Crippen molar-refractivity contribution in [3.8, 4) is 0 Å². The first kappa shape index (κ1) is 25.7. The fourth-order valence-electron chi connectivity index (χ4n) is 0. The Morgan fingerprint density at radius 3 is 1.00 bits per heavy atom. The maximum absolute atomic E-state index is 6.26. The van der Waals surface area contributed by atoms with Crippen LogP contribution in [0.4, 0.5) is 0 Å². The van der Waals surface area contributed by atoms with Crippen LogP contribution in [-0.4, -0.2) is 13.1 Å². The largest absolute Gasteiger partial charge is 0.679 e. The van der Waals surface area contributed by atoms with Crippen LogP contribution in [0, 0.1) is 14.9 Å². The number of hydrogen-bond donors (Lipinski definition) is 0. The molecule has 51 valence electrons. The second-order valence-corrected chi connectivity index (χ2v) is 0.500. The van der Waals surface area contributed by atoms with E-state index < -0.39 is 0 Å². The molecule has 0 aromatic carbocycles. The molecule has 0 aliphatic carbocycles. The summed E-state index contributed by atoms with van der Waals surface area (Å²) < 4.78 is 0. The van der Waals surface area contributed by atoms with Gasteiger partial charge in [0.25, 0.3) is 0 Å². The summed E-state index contributed by atoms with van der Waals surface area (Å²) in [4.78, 5) is 0. The van der Waals surface area contributed by atoms with Gasteiger partial charge in [0.2, 0.25) is 0 Å². The Morgan fingerprint density at radius 1 is 0.857 bits per heavy atom. The molecular weight excluding hydrogens is 179 g/mol. The normalized spacial score (nSPS) is 4.29. The van der Waals surface area contributed by atoms with Crippen molar-refractivity contribution in [2.45, 2.75) is 0 Å². The van der Waals surface area contributed by atoms with E-state index in [9.17, 15) is 0 Å². The fourth-order valence-corrected chi connectivity index (χ4v) is 0. The van der Waals surface area contributed by atoms with E-state index in [1.807, 2.05) is 0 Å². The summed E-state index contributed by atoms with van der Waals surface area (Å²) in [5, 5.41) is 0. The SMILES string of the molecule is [CH3-].[CH3-].[NH-]CC[NH-].[Rh]. The molecule has 0 amide bonds. The van der Waals surface area contributed by atoms with Gasteiger partial charge in [-0.25, -0.2) is 0 Å². The standard InChI is InChI=1S/C2H6N2.2CH3.Rh/c3-1-2-4;;;/h3-4H,1-2H2;2*1H3;/q-2;2*-1;. The molecule has 0 heterocycles. The van der Waals surface area contributed by atoms with E-state index >= 15 is 0 Å². The Balaban J connectivity index is -0.0000000150. The Morgan fingerprint density at radius 2 is 1.00 bits per heavy atom. The Bertz CT molecular complexity index is 11.7. The Kier molecular flexibility index (Phi) is 114. The smallest absolute Gasteiger partial charge is 0 e. The summed E-state index contributed by atoms with van der Waals surface area (Å²) in [5.41, 5.74) is 12.5. The zero-order valence-electron chi connectivity index (χ0n) is 4.75. The topological polar surface area (TPSA) is 47.6 Å². The van der Waals surface area contributed by atoms with Crippen molar-refractivity contribution in [2.24, 2.45) is 0 Å². The minimum Gasteiger partial charge on any atom is -0.679 e. The van der Waals surface area contributed by atoms with Crippen LogP contribution >= 0.6 is 0 Å². The first-order valence-electron chi connectivity index (χ1n) is 1.21. The Labute approximate surface area is 59.4 Å². The average Bonchev–Trinajstić information content (AvgIpc) is 1.37. The van der Waals surface area contributed by atoms with E-state index in [2.05, 4.69) is 0 Å². The molecule has 0 atom stereocenters. The van der Waals surface area contributed by atoms with Crippen LogP contribution in [0.3, 0.4) is 0 Å². The predicted molar refractivity (Wildman–Crippen MR) is 31.2 cm³/mol. The third-order valence-electron chi connectivity index (χ3n) is 0.125. The van der Waals surface area contributed by atoms with Gasteiger partial charge in [0.15, 0.2) is 0 Å². The summed E-state index contributed by atoms with van der Waals surface area (Å²) in [5.74, 6) is 0. The van der Waals surface area contributed by atoms with Crippen molar-refractivity contribution in [1.29, 1.82) is 0 Å². The fraction of sp³-hybridized carbons (Fsp3) is 0.500. The van der Waals surface area contributed by atoms with Gasteiger partial charge < -0.3 is 26.3 Å². The van der Waals surface area contributed by atoms with E-state index in [1.165, 1.54) is 0 Å². The second-order valence-electron chi connectivity index (χ2n) is 0.500. The Hall–Kier alpha value is 0.543. The van der Waals surface area contributed by atoms with Crippen molar-refractivity contribution in [3.63, 3.8) is 0 Å². The molecule has 0 rings (SSSR count). The summed E-state index contributed by atoms with van der Waals surface area (Å²) in [6.07, 6.45) is 0. The molecule has 0 unspecified atom stereocenters. The third-order valence-corrected chi connectivity index (χ3v) is 0.125. The van der Waals surface area contributed by atoms with E-state index in [-0.39, 0.29) is 47.4 Å². The number of rotatable bonds is 1. The van der Waals surface area contributed by atoms with Crippen LogP contribution in [0.25, 0.3) is 11.5 Å². The maximum Gasteiger partial charge on any atom is 0 e. The molecule has 0 saturated heterocycles.